The van der Waals surface area contributed by atoms with E-state index in [2.05, 4.69) is 23.8 Å². The number of aromatic nitrogens is 2. The standard InChI is InChI=1S/C31H38N6O2/c1-5-7-13-37(14-8-6-2)30(39)31(29(34)38,21-9-11-27-23(17-21)25(32)15-19(3)35-27)22-10-12-28-24(18-22)26(33)16-20(4)36-28/h9-12,15-18H,5-8,13-14H2,1-4H3,(H2,32,35)(H2,33,36)(H2,34,38). The average Bonchev–Trinajstić information content (AvgIpc) is 2.89. The zero-order valence-electron chi connectivity index (χ0n) is 23.3. The molecular weight excluding hydrogens is 488 g/mol. The quantitative estimate of drug-likeness (QED) is 0.254. The SMILES string of the molecule is CCCCN(CCCC)C(=O)C(C(N)=O)(c1ccc2nc(C)cc(N)c2c1)c1ccc2nc(C)cc(N)c2c1. The van der Waals surface area contributed by atoms with Crippen molar-refractivity contribution in [2.45, 2.75) is 58.8 Å². The molecule has 0 spiro atoms. The molecule has 2 amide bonds. The lowest BCUT2D eigenvalue weighted by molar-refractivity contribution is -0.141. The molecular formula is C31H38N6O2. The van der Waals surface area contributed by atoms with Gasteiger partial charge in [0.2, 0.25) is 11.8 Å². The molecule has 204 valence electrons. The molecule has 0 saturated heterocycles. The van der Waals surface area contributed by atoms with E-state index < -0.39 is 11.3 Å². The Morgan fingerprint density at radius 2 is 1.21 bits per heavy atom. The molecule has 0 unspecified atom stereocenters. The second-order valence-corrected chi connectivity index (χ2v) is 10.3. The number of benzene rings is 2. The lowest BCUT2D eigenvalue weighted by Gasteiger charge is -2.36. The summed E-state index contributed by atoms with van der Waals surface area (Å²) in [5.41, 5.74) is 22.1. The molecule has 4 aromatic rings. The summed E-state index contributed by atoms with van der Waals surface area (Å²) in [4.78, 5) is 39.4. The number of hydrogen-bond acceptors (Lipinski definition) is 6. The van der Waals surface area contributed by atoms with Crippen molar-refractivity contribution in [2.75, 3.05) is 24.6 Å². The second-order valence-electron chi connectivity index (χ2n) is 10.3. The fourth-order valence-electron chi connectivity index (χ4n) is 5.30. The molecule has 2 heterocycles. The van der Waals surface area contributed by atoms with Crippen molar-refractivity contribution in [3.05, 3.63) is 71.0 Å². The van der Waals surface area contributed by atoms with Crippen LogP contribution in [0, 0.1) is 13.8 Å². The number of fused-ring (bicyclic) bond motifs is 2. The Kier molecular flexibility index (Phi) is 8.04. The molecule has 0 radical (unpaired) electrons. The van der Waals surface area contributed by atoms with Crippen molar-refractivity contribution >= 4 is 45.0 Å². The zero-order chi connectivity index (χ0) is 28.3. The van der Waals surface area contributed by atoms with E-state index in [0.717, 1.165) is 37.1 Å². The van der Waals surface area contributed by atoms with E-state index >= 15 is 0 Å². The number of nitrogen functional groups attached to an aromatic ring is 2. The van der Waals surface area contributed by atoms with Crippen molar-refractivity contribution in [3.63, 3.8) is 0 Å². The summed E-state index contributed by atoms with van der Waals surface area (Å²) in [5.74, 6) is -1.12. The highest BCUT2D eigenvalue weighted by atomic mass is 16.2. The highest BCUT2D eigenvalue weighted by Crippen LogP contribution is 2.39. The lowest BCUT2D eigenvalue weighted by Crippen LogP contribution is -2.55. The van der Waals surface area contributed by atoms with E-state index in [4.69, 9.17) is 17.2 Å². The van der Waals surface area contributed by atoms with Gasteiger partial charge in [0.15, 0.2) is 5.41 Å². The number of carbonyl (C=O) groups is 2. The number of nitrogens with two attached hydrogens (primary N) is 3. The minimum absolute atomic E-state index is 0.354. The van der Waals surface area contributed by atoms with Gasteiger partial charge in [-0.15, -0.1) is 0 Å². The number of pyridine rings is 2. The Labute approximate surface area is 229 Å². The van der Waals surface area contributed by atoms with Crippen LogP contribution in [0.2, 0.25) is 0 Å². The fraction of sp³-hybridized carbons (Fsp3) is 0.355. The van der Waals surface area contributed by atoms with Crippen molar-refractivity contribution in [1.82, 2.24) is 14.9 Å². The first-order chi connectivity index (χ1) is 18.6. The number of carbonyl (C=O) groups excluding carboxylic acids is 2. The predicted molar refractivity (Wildman–Crippen MR) is 158 cm³/mol. The number of unbranched alkanes of at least 4 members (excludes halogenated alkanes) is 2. The minimum atomic E-state index is -1.81. The third-order valence-corrected chi connectivity index (χ3v) is 7.34. The molecule has 6 N–H and O–H groups in total. The molecule has 8 nitrogen and oxygen atoms in total. The lowest BCUT2D eigenvalue weighted by atomic mass is 9.71. The van der Waals surface area contributed by atoms with Crippen molar-refractivity contribution in [1.29, 1.82) is 0 Å². The Balaban J connectivity index is 2.05. The van der Waals surface area contributed by atoms with Gasteiger partial charge < -0.3 is 22.1 Å². The van der Waals surface area contributed by atoms with Gasteiger partial charge in [0.05, 0.1) is 11.0 Å². The number of anilines is 2. The van der Waals surface area contributed by atoms with Crippen LogP contribution >= 0.6 is 0 Å². The summed E-state index contributed by atoms with van der Waals surface area (Å²) in [5, 5.41) is 1.31. The number of aryl methyl sites for hydroxylation is 2. The van der Waals surface area contributed by atoms with Gasteiger partial charge in [-0.2, -0.15) is 0 Å². The van der Waals surface area contributed by atoms with Crippen molar-refractivity contribution in [2.24, 2.45) is 5.73 Å². The van der Waals surface area contributed by atoms with Gasteiger partial charge in [-0.25, -0.2) is 0 Å². The maximum absolute atomic E-state index is 14.7. The van der Waals surface area contributed by atoms with E-state index in [9.17, 15) is 9.59 Å². The molecule has 4 rings (SSSR count). The summed E-state index contributed by atoms with van der Waals surface area (Å²) in [7, 11) is 0. The number of nitrogens with zero attached hydrogens (tertiary/aromatic N) is 3. The van der Waals surface area contributed by atoms with Gasteiger partial charge in [0.25, 0.3) is 0 Å². The van der Waals surface area contributed by atoms with Crippen LogP contribution in [-0.2, 0) is 15.0 Å². The van der Waals surface area contributed by atoms with Crippen LogP contribution in [0.4, 0.5) is 11.4 Å². The first-order valence-electron chi connectivity index (χ1n) is 13.6. The molecule has 39 heavy (non-hydrogen) atoms. The molecule has 0 fully saturated rings. The normalized spacial score (nSPS) is 11.7. The molecule has 0 bridgehead atoms. The second kappa shape index (κ2) is 11.3. The van der Waals surface area contributed by atoms with Gasteiger partial charge in [0, 0.05) is 46.6 Å². The third-order valence-electron chi connectivity index (χ3n) is 7.34. The minimum Gasteiger partial charge on any atom is -0.398 e. The van der Waals surface area contributed by atoms with Gasteiger partial charge >= 0.3 is 0 Å². The Morgan fingerprint density at radius 1 is 0.769 bits per heavy atom. The van der Waals surface area contributed by atoms with E-state index in [1.54, 1.807) is 53.4 Å². The number of primary amides is 1. The molecule has 2 aromatic carbocycles. The first-order valence-corrected chi connectivity index (χ1v) is 13.6. The summed E-state index contributed by atoms with van der Waals surface area (Å²) in [6.07, 6.45) is 3.45. The molecule has 0 aliphatic heterocycles. The van der Waals surface area contributed by atoms with E-state index in [-0.39, 0.29) is 5.91 Å². The maximum atomic E-state index is 14.7. The zero-order valence-corrected chi connectivity index (χ0v) is 23.3. The van der Waals surface area contributed by atoms with Crippen LogP contribution in [0.3, 0.4) is 0 Å². The molecule has 0 aliphatic rings. The van der Waals surface area contributed by atoms with Crippen LogP contribution in [-0.4, -0.2) is 39.8 Å². The van der Waals surface area contributed by atoms with Crippen molar-refractivity contribution in [3.8, 4) is 0 Å². The highest BCUT2D eigenvalue weighted by Gasteiger charge is 2.50. The summed E-state index contributed by atoms with van der Waals surface area (Å²) >= 11 is 0. The summed E-state index contributed by atoms with van der Waals surface area (Å²) in [6, 6.07) is 14.2. The van der Waals surface area contributed by atoms with Crippen LogP contribution in [0.5, 0.6) is 0 Å². The van der Waals surface area contributed by atoms with Crippen LogP contribution in [0.15, 0.2) is 48.5 Å². The van der Waals surface area contributed by atoms with Crippen LogP contribution in [0.25, 0.3) is 21.8 Å². The third kappa shape index (κ3) is 5.11. The Bertz CT molecular complexity index is 1450. The van der Waals surface area contributed by atoms with E-state index in [1.807, 2.05) is 13.8 Å². The van der Waals surface area contributed by atoms with Crippen molar-refractivity contribution < 1.29 is 9.59 Å². The molecule has 0 saturated carbocycles. The number of hydrogen-bond donors (Lipinski definition) is 3. The molecule has 2 aromatic heterocycles. The van der Waals surface area contributed by atoms with E-state index in [0.29, 0.717) is 57.4 Å². The smallest absolute Gasteiger partial charge is 0.247 e. The fourth-order valence-corrected chi connectivity index (χ4v) is 5.30. The van der Waals surface area contributed by atoms with Gasteiger partial charge in [0.1, 0.15) is 0 Å². The molecule has 0 aliphatic carbocycles. The number of rotatable bonds is 10. The van der Waals surface area contributed by atoms with E-state index in [1.165, 1.54) is 0 Å². The van der Waals surface area contributed by atoms with Gasteiger partial charge in [-0.3, -0.25) is 19.6 Å². The van der Waals surface area contributed by atoms with Gasteiger partial charge in [-0.1, -0.05) is 38.8 Å². The topological polar surface area (TPSA) is 141 Å². The molecule has 0 atom stereocenters. The summed E-state index contributed by atoms with van der Waals surface area (Å²) < 4.78 is 0. The monoisotopic (exact) mass is 526 g/mol. The highest BCUT2D eigenvalue weighted by molar-refractivity contribution is 6.15. The Hall–Kier alpha value is -4.20. The maximum Gasteiger partial charge on any atom is 0.247 e. The average molecular weight is 527 g/mol. The van der Waals surface area contributed by atoms with Crippen LogP contribution in [0.1, 0.15) is 62.0 Å². The first kappa shape index (κ1) is 27.8. The number of amides is 2. The summed E-state index contributed by atoms with van der Waals surface area (Å²) in [6.45, 7) is 8.94. The largest absolute Gasteiger partial charge is 0.398 e. The predicted octanol–water partition coefficient (Wildman–Crippen LogP) is 4.76. The molecule has 8 heteroatoms. The Morgan fingerprint density at radius 3 is 1.59 bits per heavy atom. The van der Waals surface area contributed by atoms with Crippen LogP contribution < -0.4 is 17.2 Å². The van der Waals surface area contributed by atoms with Gasteiger partial charge in [-0.05, 0) is 74.2 Å².